The van der Waals surface area contributed by atoms with E-state index in [1.807, 2.05) is 25.1 Å². The van der Waals surface area contributed by atoms with Crippen LogP contribution in [-0.4, -0.2) is 36.8 Å². The molecule has 7 nitrogen and oxygen atoms in total. The third-order valence-corrected chi connectivity index (χ3v) is 8.55. The fourth-order valence-corrected chi connectivity index (χ4v) is 6.56. The Bertz CT molecular complexity index is 1500. The number of esters is 1. The number of sulfonamides is 1. The Hall–Kier alpha value is -3.98. The number of fused-ring (bicyclic) bond motifs is 3. The quantitative estimate of drug-likeness (QED) is 0.425. The van der Waals surface area contributed by atoms with E-state index in [2.05, 4.69) is 11.6 Å². The molecule has 0 N–H and O–H groups in total. The zero-order valence-electron chi connectivity index (χ0n) is 20.5. The second-order valence-corrected chi connectivity index (χ2v) is 10.9. The molecule has 3 aromatic carbocycles. The van der Waals surface area contributed by atoms with Gasteiger partial charge in [-0.1, -0.05) is 54.6 Å². The predicted octanol–water partition coefficient (Wildman–Crippen LogP) is 5.08. The molecule has 2 aliphatic heterocycles. The molecule has 0 amide bonds. The molecule has 2 heterocycles. The SMILES string of the molecule is C=C1N(S(=O)(=O)c2ccc(C)cc2)N2C=Nc3ccccc3[C@@H]2[C@]1(Cc1ccc(F)cc1)C(=O)OCC. The molecule has 1 saturated heterocycles. The highest BCUT2D eigenvalue weighted by molar-refractivity contribution is 7.89. The lowest BCUT2D eigenvalue weighted by Gasteiger charge is -2.36. The minimum Gasteiger partial charge on any atom is -0.465 e. The average molecular weight is 520 g/mol. The molecule has 2 aliphatic rings. The standard InChI is InChI=1S/C28H26FN3O4S/c1-4-36-27(33)28(17-21-11-13-22(29)14-12-21)20(3)32(37(34,35)23-15-9-19(2)10-16-23)31-18-30-25-8-6-5-7-24(25)26(28)31/h5-16,18,26H,3-4,17H2,1-2H3/t26-,28-/m1/s1. The van der Waals surface area contributed by atoms with Crippen LogP contribution in [0.4, 0.5) is 10.1 Å². The molecule has 9 heteroatoms. The first-order valence-corrected chi connectivity index (χ1v) is 13.3. The molecule has 0 aromatic heterocycles. The molecule has 1 fully saturated rings. The van der Waals surface area contributed by atoms with E-state index >= 15 is 0 Å². The lowest BCUT2D eigenvalue weighted by atomic mass is 9.71. The van der Waals surface area contributed by atoms with Gasteiger partial charge in [-0.3, -0.25) is 9.80 Å². The molecule has 2 atom stereocenters. The first-order chi connectivity index (χ1) is 17.7. The van der Waals surface area contributed by atoms with Gasteiger partial charge in [0.1, 0.15) is 23.6 Å². The molecule has 3 aromatic rings. The summed E-state index contributed by atoms with van der Waals surface area (Å²) in [5, 5.41) is 1.44. The van der Waals surface area contributed by atoms with Gasteiger partial charge < -0.3 is 4.74 Å². The smallest absolute Gasteiger partial charge is 0.321 e. The number of benzene rings is 3. The van der Waals surface area contributed by atoms with Gasteiger partial charge in [0.25, 0.3) is 10.0 Å². The first-order valence-electron chi connectivity index (χ1n) is 11.8. The molecule has 0 radical (unpaired) electrons. The number of hydrazine groups is 1. The summed E-state index contributed by atoms with van der Waals surface area (Å²) >= 11 is 0. The summed E-state index contributed by atoms with van der Waals surface area (Å²) in [5.74, 6) is -1.04. The molecule has 0 spiro atoms. The van der Waals surface area contributed by atoms with E-state index in [1.165, 1.54) is 35.6 Å². The largest absolute Gasteiger partial charge is 0.465 e. The Labute approximate surface area is 215 Å². The minimum absolute atomic E-state index is 0.0315. The van der Waals surface area contributed by atoms with Crippen LogP contribution in [0.2, 0.25) is 0 Å². The molecule has 5 rings (SSSR count). The van der Waals surface area contributed by atoms with Crippen molar-refractivity contribution in [2.75, 3.05) is 6.61 Å². The maximum absolute atomic E-state index is 14.0. The van der Waals surface area contributed by atoms with E-state index in [0.717, 1.165) is 9.98 Å². The van der Waals surface area contributed by atoms with Crippen molar-refractivity contribution in [3.8, 4) is 0 Å². The lowest BCUT2D eigenvalue weighted by molar-refractivity contribution is -0.154. The number of halogens is 1. The highest BCUT2D eigenvalue weighted by atomic mass is 32.2. The Balaban J connectivity index is 1.75. The van der Waals surface area contributed by atoms with E-state index in [1.54, 1.807) is 37.3 Å². The monoisotopic (exact) mass is 519 g/mol. The van der Waals surface area contributed by atoms with E-state index in [9.17, 15) is 17.6 Å². The summed E-state index contributed by atoms with van der Waals surface area (Å²) in [6.07, 6.45) is 1.45. The van der Waals surface area contributed by atoms with Crippen molar-refractivity contribution in [1.29, 1.82) is 0 Å². The normalized spacial score (nSPS) is 20.5. The number of para-hydroxylation sites is 1. The number of carbonyl (C=O) groups is 1. The summed E-state index contributed by atoms with van der Waals surface area (Å²) in [6.45, 7) is 7.82. The van der Waals surface area contributed by atoms with Gasteiger partial charge in [0, 0.05) is 5.56 Å². The number of rotatable bonds is 6. The van der Waals surface area contributed by atoms with Crippen molar-refractivity contribution >= 4 is 28.0 Å². The molecule has 0 bridgehead atoms. The lowest BCUT2D eigenvalue weighted by Crippen LogP contribution is -2.43. The van der Waals surface area contributed by atoms with E-state index < -0.39 is 33.3 Å². The van der Waals surface area contributed by atoms with Crippen LogP contribution in [0.1, 0.15) is 29.7 Å². The zero-order valence-corrected chi connectivity index (χ0v) is 21.3. The molecule has 0 saturated carbocycles. The van der Waals surface area contributed by atoms with Gasteiger partial charge in [-0.25, -0.2) is 9.38 Å². The number of aryl methyl sites for hydroxylation is 1. The van der Waals surface area contributed by atoms with Crippen LogP contribution in [0.15, 0.2) is 95.0 Å². The van der Waals surface area contributed by atoms with Gasteiger partial charge >= 0.3 is 5.97 Å². The van der Waals surface area contributed by atoms with Crippen LogP contribution in [0.25, 0.3) is 0 Å². The van der Waals surface area contributed by atoms with Crippen LogP contribution in [0, 0.1) is 18.2 Å². The van der Waals surface area contributed by atoms with Crippen molar-refractivity contribution in [3.63, 3.8) is 0 Å². The fraction of sp³-hybridized carbons (Fsp3) is 0.214. The number of ether oxygens (including phenoxy) is 1. The molecular weight excluding hydrogens is 493 g/mol. The van der Waals surface area contributed by atoms with E-state index in [-0.39, 0.29) is 23.6 Å². The van der Waals surface area contributed by atoms with Crippen LogP contribution in [0.5, 0.6) is 0 Å². The minimum atomic E-state index is -4.20. The van der Waals surface area contributed by atoms with Gasteiger partial charge in [-0.15, -0.1) is 0 Å². The van der Waals surface area contributed by atoms with Gasteiger partial charge in [-0.05, 0) is 56.2 Å². The second kappa shape index (κ2) is 9.15. The average Bonchev–Trinajstić information content (AvgIpc) is 3.15. The van der Waals surface area contributed by atoms with Gasteiger partial charge in [0.15, 0.2) is 0 Å². The number of aliphatic imine (C=N–C) groups is 1. The topological polar surface area (TPSA) is 79.3 Å². The Kier molecular flexibility index (Phi) is 6.11. The van der Waals surface area contributed by atoms with Gasteiger partial charge in [0.05, 0.1) is 22.9 Å². The maximum atomic E-state index is 14.0. The molecule has 37 heavy (non-hydrogen) atoms. The molecule has 0 aliphatic carbocycles. The van der Waals surface area contributed by atoms with Crippen LogP contribution < -0.4 is 0 Å². The third-order valence-electron chi connectivity index (χ3n) is 6.82. The summed E-state index contributed by atoms with van der Waals surface area (Å²) < 4.78 is 48.5. The van der Waals surface area contributed by atoms with E-state index in [0.29, 0.717) is 16.8 Å². The summed E-state index contributed by atoms with van der Waals surface area (Å²) in [4.78, 5) is 18.4. The van der Waals surface area contributed by atoms with E-state index in [4.69, 9.17) is 4.74 Å². The summed E-state index contributed by atoms with van der Waals surface area (Å²) in [6, 6.07) is 18.7. The molecular formula is C28H26FN3O4S. The van der Waals surface area contributed by atoms with Crippen molar-refractivity contribution < 1.29 is 22.3 Å². The second-order valence-electron chi connectivity index (χ2n) is 9.09. The maximum Gasteiger partial charge on any atom is 0.321 e. The van der Waals surface area contributed by atoms with Crippen molar-refractivity contribution in [2.45, 2.75) is 31.2 Å². The fourth-order valence-electron chi connectivity index (χ4n) is 5.04. The summed E-state index contributed by atoms with van der Waals surface area (Å²) in [5.41, 5.74) is 1.28. The first kappa shape index (κ1) is 24.7. The zero-order chi connectivity index (χ0) is 26.4. The van der Waals surface area contributed by atoms with Crippen molar-refractivity contribution in [2.24, 2.45) is 10.4 Å². The highest BCUT2D eigenvalue weighted by Gasteiger charge is 2.64. The number of hydrogen-bond acceptors (Lipinski definition) is 6. The third kappa shape index (κ3) is 3.90. The van der Waals surface area contributed by atoms with Gasteiger partial charge in [0.2, 0.25) is 0 Å². The number of hydrogen-bond donors (Lipinski definition) is 0. The Morgan fingerprint density at radius 2 is 1.76 bits per heavy atom. The van der Waals surface area contributed by atoms with Crippen molar-refractivity contribution in [3.05, 3.63) is 108 Å². The predicted molar refractivity (Wildman–Crippen MR) is 138 cm³/mol. The molecule has 190 valence electrons. The van der Waals surface area contributed by atoms with Crippen LogP contribution >= 0.6 is 0 Å². The molecule has 0 unspecified atom stereocenters. The number of nitrogens with zero attached hydrogens (tertiary/aromatic N) is 3. The van der Waals surface area contributed by atoms with Gasteiger partial charge in [-0.2, -0.15) is 12.8 Å². The highest BCUT2D eigenvalue weighted by Crippen LogP contribution is 2.58. The Morgan fingerprint density at radius 1 is 1.08 bits per heavy atom. The number of carbonyl (C=O) groups excluding carboxylic acids is 1. The van der Waals surface area contributed by atoms with Crippen LogP contribution in [-0.2, 0) is 26.0 Å². The summed E-state index contributed by atoms with van der Waals surface area (Å²) in [7, 11) is -4.20. The van der Waals surface area contributed by atoms with Crippen LogP contribution in [0.3, 0.4) is 0 Å². The Morgan fingerprint density at radius 3 is 2.43 bits per heavy atom. The van der Waals surface area contributed by atoms with Crippen molar-refractivity contribution in [1.82, 2.24) is 9.42 Å².